The second kappa shape index (κ2) is 6.29. The molecule has 114 valence electrons. The van der Waals surface area contributed by atoms with Crippen molar-refractivity contribution in [3.8, 4) is 0 Å². The Morgan fingerprint density at radius 3 is 2.67 bits per heavy atom. The van der Waals surface area contributed by atoms with Gasteiger partial charge in [0.05, 0.1) is 6.04 Å². The standard InChI is InChI=1S/C17H24N2O2/c1-17(2)9-8-12-6-4-5-7-13(12)14(11-17)19-16(21)10-15(20)18-3/h4-7,14H,8-11H2,1-3H3,(H,18,20)(H,19,21)/t14-/m1/s1. The average molecular weight is 288 g/mol. The molecule has 4 nitrogen and oxygen atoms in total. The van der Waals surface area contributed by atoms with Crippen molar-refractivity contribution in [2.45, 2.75) is 45.6 Å². The van der Waals surface area contributed by atoms with Crippen LogP contribution in [0.5, 0.6) is 0 Å². The summed E-state index contributed by atoms with van der Waals surface area (Å²) in [6.07, 6.45) is 2.91. The molecule has 0 saturated heterocycles. The zero-order chi connectivity index (χ0) is 15.5. The van der Waals surface area contributed by atoms with Gasteiger partial charge in [0.2, 0.25) is 11.8 Å². The highest BCUT2D eigenvalue weighted by atomic mass is 16.2. The Bertz CT molecular complexity index is 537. The van der Waals surface area contributed by atoms with Gasteiger partial charge in [-0.15, -0.1) is 0 Å². The Labute approximate surface area is 126 Å². The highest BCUT2D eigenvalue weighted by Gasteiger charge is 2.30. The molecule has 1 aliphatic carbocycles. The summed E-state index contributed by atoms with van der Waals surface area (Å²) in [5, 5.41) is 5.52. The number of benzene rings is 1. The van der Waals surface area contributed by atoms with Crippen molar-refractivity contribution in [1.82, 2.24) is 10.6 Å². The summed E-state index contributed by atoms with van der Waals surface area (Å²) in [7, 11) is 1.54. The predicted molar refractivity (Wildman–Crippen MR) is 82.7 cm³/mol. The molecule has 0 saturated carbocycles. The van der Waals surface area contributed by atoms with Crippen LogP contribution < -0.4 is 10.6 Å². The summed E-state index contributed by atoms with van der Waals surface area (Å²) in [6, 6.07) is 8.25. The highest BCUT2D eigenvalue weighted by molar-refractivity contribution is 5.96. The Morgan fingerprint density at radius 1 is 1.24 bits per heavy atom. The van der Waals surface area contributed by atoms with Crippen LogP contribution in [0.4, 0.5) is 0 Å². The molecule has 1 atom stereocenters. The number of hydrogen-bond donors (Lipinski definition) is 2. The zero-order valence-corrected chi connectivity index (χ0v) is 13.0. The van der Waals surface area contributed by atoms with E-state index in [1.807, 2.05) is 12.1 Å². The smallest absolute Gasteiger partial charge is 0.229 e. The predicted octanol–water partition coefficient (Wildman–Crippen LogP) is 2.34. The van der Waals surface area contributed by atoms with Gasteiger partial charge in [-0.05, 0) is 35.8 Å². The van der Waals surface area contributed by atoms with Gasteiger partial charge in [0.25, 0.3) is 0 Å². The maximum Gasteiger partial charge on any atom is 0.229 e. The molecule has 0 radical (unpaired) electrons. The van der Waals surface area contributed by atoms with E-state index in [4.69, 9.17) is 0 Å². The van der Waals surface area contributed by atoms with Crippen LogP contribution in [0, 0.1) is 5.41 Å². The van der Waals surface area contributed by atoms with Crippen LogP contribution >= 0.6 is 0 Å². The summed E-state index contributed by atoms with van der Waals surface area (Å²) >= 11 is 0. The molecule has 0 heterocycles. The van der Waals surface area contributed by atoms with Crippen LogP contribution in [-0.2, 0) is 16.0 Å². The van der Waals surface area contributed by atoms with Gasteiger partial charge < -0.3 is 10.6 Å². The summed E-state index contributed by atoms with van der Waals surface area (Å²) < 4.78 is 0. The van der Waals surface area contributed by atoms with Crippen molar-refractivity contribution < 1.29 is 9.59 Å². The summed E-state index contributed by atoms with van der Waals surface area (Å²) in [5.74, 6) is -0.472. The van der Waals surface area contributed by atoms with E-state index in [9.17, 15) is 9.59 Å². The minimum absolute atomic E-state index is 0.0177. The van der Waals surface area contributed by atoms with Gasteiger partial charge in [-0.25, -0.2) is 0 Å². The molecular formula is C17H24N2O2. The molecule has 0 fully saturated rings. The van der Waals surface area contributed by atoms with Gasteiger partial charge in [0, 0.05) is 7.05 Å². The Morgan fingerprint density at radius 2 is 1.95 bits per heavy atom. The molecule has 4 heteroatoms. The number of aryl methyl sites for hydroxylation is 1. The number of rotatable bonds is 3. The minimum Gasteiger partial charge on any atom is -0.359 e. The zero-order valence-electron chi connectivity index (χ0n) is 13.0. The molecule has 2 amide bonds. The number of amides is 2. The van der Waals surface area contributed by atoms with Gasteiger partial charge in [-0.3, -0.25) is 9.59 Å². The van der Waals surface area contributed by atoms with Crippen LogP contribution in [0.3, 0.4) is 0 Å². The molecule has 0 unspecified atom stereocenters. The lowest BCUT2D eigenvalue weighted by atomic mass is 9.83. The van der Waals surface area contributed by atoms with E-state index in [1.165, 1.54) is 11.1 Å². The quantitative estimate of drug-likeness (QED) is 0.662. The van der Waals surface area contributed by atoms with Crippen LogP contribution in [0.1, 0.15) is 50.3 Å². The first kappa shape index (κ1) is 15.5. The SMILES string of the molecule is CNC(=O)CC(=O)N[C@@H]1CC(C)(C)CCc2ccccc21. The van der Waals surface area contributed by atoms with Crippen molar-refractivity contribution in [2.75, 3.05) is 7.05 Å². The van der Waals surface area contributed by atoms with Crippen LogP contribution in [0.25, 0.3) is 0 Å². The van der Waals surface area contributed by atoms with E-state index in [1.54, 1.807) is 7.05 Å². The largest absolute Gasteiger partial charge is 0.359 e. The number of carbonyl (C=O) groups excluding carboxylic acids is 2. The lowest BCUT2D eigenvalue weighted by molar-refractivity contribution is -0.129. The van der Waals surface area contributed by atoms with E-state index in [-0.39, 0.29) is 29.7 Å². The Hall–Kier alpha value is -1.84. The third-order valence-electron chi connectivity index (χ3n) is 4.19. The van der Waals surface area contributed by atoms with Gasteiger partial charge >= 0.3 is 0 Å². The van der Waals surface area contributed by atoms with E-state index in [2.05, 4.69) is 36.6 Å². The molecular weight excluding hydrogens is 264 g/mol. The number of hydrogen-bond acceptors (Lipinski definition) is 2. The van der Waals surface area contributed by atoms with Gasteiger partial charge in [-0.1, -0.05) is 38.1 Å². The normalized spacial score (nSPS) is 20.0. The first-order valence-corrected chi connectivity index (χ1v) is 7.49. The molecule has 0 aliphatic heterocycles. The third kappa shape index (κ3) is 4.06. The fourth-order valence-corrected chi connectivity index (χ4v) is 2.95. The third-order valence-corrected chi connectivity index (χ3v) is 4.19. The minimum atomic E-state index is -0.256. The summed E-state index contributed by atoms with van der Waals surface area (Å²) in [6.45, 7) is 4.47. The second-order valence-corrected chi connectivity index (χ2v) is 6.54. The second-order valence-electron chi connectivity index (χ2n) is 6.54. The summed E-state index contributed by atoms with van der Waals surface area (Å²) in [5.41, 5.74) is 2.66. The van der Waals surface area contributed by atoms with E-state index in [0.717, 1.165) is 19.3 Å². The molecule has 0 bridgehead atoms. The Balaban J connectivity index is 2.19. The molecule has 1 aromatic rings. The monoisotopic (exact) mass is 288 g/mol. The molecule has 2 rings (SSSR count). The van der Waals surface area contributed by atoms with Crippen molar-refractivity contribution in [3.63, 3.8) is 0 Å². The summed E-state index contributed by atoms with van der Waals surface area (Å²) in [4.78, 5) is 23.4. The molecule has 21 heavy (non-hydrogen) atoms. The van der Waals surface area contributed by atoms with Gasteiger partial charge in [-0.2, -0.15) is 0 Å². The number of nitrogens with one attached hydrogen (secondary N) is 2. The maximum absolute atomic E-state index is 12.0. The first-order chi connectivity index (χ1) is 9.91. The van der Waals surface area contributed by atoms with Gasteiger partial charge in [0.15, 0.2) is 0 Å². The van der Waals surface area contributed by atoms with Crippen molar-refractivity contribution in [2.24, 2.45) is 5.41 Å². The van der Waals surface area contributed by atoms with Crippen LogP contribution in [-0.4, -0.2) is 18.9 Å². The molecule has 1 aromatic carbocycles. The highest BCUT2D eigenvalue weighted by Crippen LogP contribution is 2.39. The van der Waals surface area contributed by atoms with Crippen molar-refractivity contribution >= 4 is 11.8 Å². The number of carbonyl (C=O) groups is 2. The Kier molecular flexibility index (Phi) is 4.66. The topological polar surface area (TPSA) is 58.2 Å². The van der Waals surface area contributed by atoms with E-state index in [0.29, 0.717) is 0 Å². The van der Waals surface area contributed by atoms with Crippen molar-refractivity contribution in [1.29, 1.82) is 0 Å². The fraction of sp³-hybridized carbons (Fsp3) is 0.529. The molecule has 0 aromatic heterocycles. The molecule has 2 N–H and O–H groups in total. The maximum atomic E-state index is 12.0. The lowest BCUT2D eigenvalue weighted by Gasteiger charge is -2.27. The number of fused-ring (bicyclic) bond motifs is 1. The van der Waals surface area contributed by atoms with E-state index >= 15 is 0 Å². The molecule has 0 spiro atoms. The van der Waals surface area contributed by atoms with E-state index < -0.39 is 0 Å². The van der Waals surface area contributed by atoms with Crippen LogP contribution in [0.15, 0.2) is 24.3 Å². The first-order valence-electron chi connectivity index (χ1n) is 7.49. The van der Waals surface area contributed by atoms with Crippen LogP contribution in [0.2, 0.25) is 0 Å². The van der Waals surface area contributed by atoms with Crippen molar-refractivity contribution in [3.05, 3.63) is 35.4 Å². The molecule has 1 aliphatic rings. The lowest BCUT2D eigenvalue weighted by Crippen LogP contribution is -2.34. The van der Waals surface area contributed by atoms with Gasteiger partial charge in [0.1, 0.15) is 6.42 Å². The fourth-order valence-electron chi connectivity index (χ4n) is 2.95. The average Bonchev–Trinajstić information content (AvgIpc) is 2.56.